The van der Waals surface area contributed by atoms with Crippen LogP contribution in [0.25, 0.3) is 0 Å². The fourth-order valence-corrected chi connectivity index (χ4v) is 1.75. The molecule has 1 N–H and O–H groups in total. The summed E-state index contributed by atoms with van der Waals surface area (Å²) >= 11 is 5.68. The van der Waals surface area contributed by atoms with E-state index in [2.05, 4.69) is 0 Å². The molecule has 1 aromatic rings. The van der Waals surface area contributed by atoms with Crippen molar-refractivity contribution in [2.45, 2.75) is 39.2 Å². The second-order valence-electron chi connectivity index (χ2n) is 4.45. The molecule has 1 aromatic carbocycles. The average Bonchev–Trinajstić information content (AvgIpc) is 2.23. The molecule has 0 bridgehead atoms. The van der Waals surface area contributed by atoms with E-state index >= 15 is 0 Å². The van der Waals surface area contributed by atoms with Crippen LogP contribution in [0.2, 0.25) is 5.02 Å². The van der Waals surface area contributed by atoms with E-state index in [4.69, 9.17) is 11.6 Å². The van der Waals surface area contributed by atoms with E-state index in [1.807, 2.05) is 13.8 Å². The Morgan fingerprint density at radius 2 is 2.06 bits per heavy atom. The Labute approximate surface area is 101 Å². The van der Waals surface area contributed by atoms with Crippen LogP contribution in [-0.4, -0.2) is 11.2 Å². The molecule has 1 atom stereocenters. The third kappa shape index (κ3) is 4.11. The zero-order chi connectivity index (χ0) is 12.1. The lowest BCUT2D eigenvalue weighted by atomic mass is 9.99. The van der Waals surface area contributed by atoms with Gasteiger partial charge in [0.15, 0.2) is 0 Å². The van der Waals surface area contributed by atoms with Crippen molar-refractivity contribution in [3.8, 4) is 0 Å². The Morgan fingerprint density at radius 3 is 2.62 bits per heavy atom. The number of aliphatic hydroxyl groups is 1. The zero-order valence-electron chi connectivity index (χ0n) is 9.71. The summed E-state index contributed by atoms with van der Waals surface area (Å²) in [5, 5.41) is 9.79. The Hall–Kier alpha value is -0.600. The topological polar surface area (TPSA) is 20.2 Å². The van der Waals surface area contributed by atoms with Crippen LogP contribution >= 0.6 is 11.6 Å². The molecule has 0 aromatic heterocycles. The summed E-state index contributed by atoms with van der Waals surface area (Å²) in [6, 6.07) is 4.78. The van der Waals surface area contributed by atoms with Gasteiger partial charge in [0, 0.05) is 0 Å². The van der Waals surface area contributed by atoms with Crippen LogP contribution in [0.1, 0.15) is 32.3 Å². The highest BCUT2D eigenvalue weighted by atomic mass is 35.5. The number of hydrogen-bond acceptors (Lipinski definition) is 1. The molecule has 90 valence electrons. The van der Waals surface area contributed by atoms with Crippen LogP contribution < -0.4 is 0 Å². The quantitative estimate of drug-likeness (QED) is 0.835. The zero-order valence-corrected chi connectivity index (χ0v) is 10.5. The first-order valence-electron chi connectivity index (χ1n) is 5.62. The van der Waals surface area contributed by atoms with Gasteiger partial charge in [-0.25, -0.2) is 4.39 Å². The fourth-order valence-electron chi connectivity index (χ4n) is 1.54. The van der Waals surface area contributed by atoms with Crippen molar-refractivity contribution in [2.75, 3.05) is 0 Å². The molecule has 16 heavy (non-hydrogen) atoms. The van der Waals surface area contributed by atoms with Crippen LogP contribution in [0.4, 0.5) is 4.39 Å². The molecule has 0 saturated heterocycles. The van der Waals surface area contributed by atoms with Gasteiger partial charge in [0.1, 0.15) is 5.82 Å². The molecule has 0 spiro atoms. The number of aryl methyl sites for hydroxylation is 1. The molecule has 0 saturated carbocycles. The van der Waals surface area contributed by atoms with E-state index in [0.29, 0.717) is 0 Å². The lowest BCUT2D eigenvalue weighted by Crippen LogP contribution is -2.14. The van der Waals surface area contributed by atoms with Crippen molar-refractivity contribution in [1.82, 2.24) is 0 Å². The average molecular weight is 245 g/mol. The highest BCUT2D eigenvalue weighted by molar-refractivity contribution is 6.30. The van der Waals surface area contributed by atoms with Gasteiger partial charge in [0.25, 0.3) is 0 Å². The monoisotopic (exact) mass is 244 g/mol. The highest BCUT2D eigenvalue weighted by Crippen LogP contribution is 2.18. The van der Waals surface area contributed by atoms with Crippen LogP contribution in [0.5, 0.6) is 0 Å². The molecule has 1 unspecified atom stereocenters. The van der Waals surface area contributed by atoms with Crippen molar-refractivity contribution >= 4 is 11.6 Å². The minimum absolute atomic E-state index is 0.168. The molecule has 0 aliphatic carbocycles. The Balaban J connectivity index is 2.40. The summed E-state index contributed by atoms with van der Waals surface area (Å²) in [5.41, 5.74) is 1.02. The second kappa shape index (κ2) is 6.21. The highest BCUT2D eigenvalue weighted by Gasteiger charge is 2.08. The van der Waals surface area contributed by atoms with Gasteiger partial charge < -0.3 is 5.11 Å². The molecule has 0 heterocycles. The Bertz CT molecular complexity index is 339. The third-order valence-electron chi connectivity index (χ3n) is 2.72. The molecule has 3 heteroatoms. The van der Waals surface area contributed by atoms with E-state index in [-0.39, 0.29) is 22.9 Å². The maximum absolute atomic E-state index is 12.9. The molecule has 0 aliphatic rings. The Kier molecular flexibility index (Phi) is 5.23. The number of halogens is 2. The van der Waals surface area contributed by atoms with E-state index in [1.54, 1.807) is 12.1 Å². The normalized spacial score (nSPS) is 13.1. The van der Waals surface area contributed by atoms with Crippen molar-refractivity contribution in [1.29, 1.82) is 0 Å². The van der Waals surface area contributed by atoms with Gasteiger partial charge >= 0.3 is 0 Å². The molecule has 0 radical (unpaired) electrons. The standard InChI is InChI=1S/C13H18ClFO/c1-9(2)13(16)5-3-4-10-6-7-12(15)11(14)8-10/h6-9,13,16H,3-5H2,1-2H3. The molecular weight excluding hydrogens is 227 g/mol. The first-order valence-corrected chi connectivity index (χ1v) is 6.00. The third-order valence-corrected chi connectivity index (χ3v) is 3.01. The number of rotatable bonds is 5. The molecular formula is C13H18ClFO. The van der Waals surface area contributed by atoms with Gasteiger partial charge in [-0.2, -0.15) is 0 Å². The number of hydrogen-bond donors (Lipinski definition) is 1. The largest absolute Gasteiger partial charge is 0.393 e. The number of benzene rings is 1. The van der Waals surface area contributed by atoms with Gasteiger partial charge in [-0.1, -0.05) is 31.5 Å². The van der Waals surface area contributed by atoms with Crippen molar-refractivity contribution in [3.63, 3.8) is 0 Å². The number of aliphatic hydroxyl groups excluding tert-OH is 1. The maximum atomic E-state index is 12.9. The van der Waals surface area contributed by atoms with E-state index in [0.717, 1.165) is 24.8 Å². The maximum Gasteiger partial charge on any atom is 0.141 e. The van der Waals surface area contributed by atoms with Gasteiger partial charge in [-0.05, 0) is 42.9 Å². The summed E-state index contributed by atoms with van der Waals surface area (Å²) in [6.07, 6.45) is 2.23. The van der Waals surface area contributed by atoms with E-state index in [1.165, 1.54) is 6.07 Å². The summed E-state index contributed by atoms with van der Waals surface area (Å²) < 4.78 is 12.9. The molecule has 0 amide bonds. The van der Waals surface area contributed by atoms with Crippen molar-refractivity contribution in [2.24, 2.45) is 5.92 Å². The SMILES string of the molecule is CC(C)C(O)CCCc1ccc(F)c(Cl)c1. The lowest BCUT2D eigenvalue weighted by molar-refractivity contribution is 0.114. The van der Waals surface area contributed by atoms with E-state index in [9.17, 15) is 9.50 Å². The van der Waals surface area contributed by atoms with Gasteiger partial charge in [-0.3, -0.25) is 0 Å². The minimum Gasteiger partial charge on any atom is -0.393 e. The van der Waals surface area contributed by atoms with Crippen LogP contribution in [0.15, 0.2) is 18.2 Å². The summed E-state index contributed by atoms with van der Waals surface area (Å²) in [5.74, 6) is -0.0931. The smallest absolute Gasteiger partial charge is 0.141 e. The van der Waals surface area contributed by atoms with Crippen LogP contribution in [0, 0.1) is 11.7 Å². The lowest BCUT2D eigenvalue weighted by Gasteiger charge is -2.13. The minimum atomic E-state index is -0.382. The van der Waals surface area contributed by atoms with Gasteiger partial charge in [0.2, 0.25) is 0 Å². The van der Waals surface area contributed by atoms with E-state index < -0.39 is 0 Å². The van der Waals surface area contributed by atoms with Gasteiger partial charge in [-0.15, -0.1) is 0 Å². The van der Waals surface area contributed by atoms with Crippen molar-refractivity contribution in [3.05, 3.63) is 34.6 Å². The first kappa shape index (κ1) is 13.5. The predicted octanol–water partition coefficient (Wildman–Crippen LogP) is 3.82. The summed E-state index contributed by atoms with van der Waals surface area (Å²) in [7, 11) is 0. The molecule has 1 nitrogen and oxygen atoms in total. The summed E-state index contributed by atoms with van der Waals surface area (Å²) in [4.78, 5) is 0. The second-order valence-corrected chi connectivity index (χ2v) is 4.86. The summed E-state index contributed by atoms with van der Waals surface area (Å²) in [6.45, 7) is 4.00. The molecule has 0 aliphatic heterocycles. The van der Waals surface area contributed by atoms with Crippen LogP contribution in [0.3, 0.4) is 0 Å². The van der Waals surface area contributed by atoms with Crippen molar-refractivity contribution < 1.29 is 9.50 Å². The predicted molar refractivity (Wildman–Crippen MR) is 65.2 cm³/mol. The first-order chi connectivity index (χ1) is 7.50. The molecule has 0 fully saturated rings. The molecule has 1 rings (SSSR count). The Morgan fingerprint density at radius 1 is 1.38 bits per heavy atom. The van der Waals surface area contributed by atoms with Gasteiger partial charge in [0.05, 0.1) is 11.1 Å². The van der Waals surface area contributed by atoms with Crippen LogP contribution in [-0.2, 0) is 6.42 Å². The fraction of sp³-hybridized carbons (Fsp3) is 0.538.